The highest BCUT2D eigenvalue weighted by molar-refractivity contribution is 5.66. The molecule has 1 aliphatic heterocycles. The summed E-state index contributed by atoms with van der Waals surface area (Å²) in [5.74, 6) is 2.91. The van der Waals surface area contributed by atoms with Crippen molar-refractivity contribution in [3.8, 4) is 0 Å². The first-order valence-corrected chi connectivity index (χ1v) is 15.8. The van der Waals surface area contributed by atoms with Gasteiger partial charge >= 0.3 is 5.97 Å². The molecule has 216 valence electrons. The van der Waals surface area contributed by atoms with E-state index < -0.39 is 11.7 Å². The quantitative estimate of drug-likeness (QED) is 0.432. The number of ether oxygens (including phenoxy) is 2. The van der Waals surface area contributed by atoms with E-state index in [2.05, 4.69) is 41.5 Å². The molecule has 6 rings (SSSR count). The van der Waals surface area contributed by atoms with E-state index in [4.69, 9.17) is 15.2 Å². The third-order valence-corrected chi connectivity index (χ3v) is 14.8. The van der Waals surface area contributed by atoms with E-state index in [0.717, 1.165) is 30.6 Å². The Hall–Kier alpha value is -0.650. The van der Waals surface area contributed by atoms with Crippen LogP contribution >= 0.6 is 0 Å². The molecule has 6 aliphatic rings. The zero-order valence-electron chi connectivity index (χ0n) is 25.6. The van der Waals surface area contributed by atoms with Crippen molar-refractivity contribution >= 4 is 5.97 Å². The minimum Gasteiger partial charge on any atom is -0.457 e. The van der Waals surface area contributed by atoms with Gasteiger partial charge in [-0.25, -0.2) is 0 Å². The highest BCUT2D eigenvalue weighted by atomic mass is 16.6. The molecule has 5 nitrogen and oxygen atoms in total. The van der Waals surface area contributed by atoms with E-state index in [1.165, 1.54) is 45.4 Å². The maximum atomic E-state index is 12.0. The molecule has 0 aromatic carbocycles. The molecule has 1 saturated heterocycles. The van der Waals surface area contributed by atoms with Crippen molar-refractivity contribution in [1.82, 2.24) is 0 Å². The Morgan fingerprint density at radius 2 is 1.63 bits per heavy atom. The summed E-state index contributed by atoms with van der Waals surface area (Å²) in [6, 6.07) is 0.324. The standard InChI is InChI=1S/C33H55NO4/c1-18-16-21(27(29(6,7)36)37-20(3)35)38-22-17-31(9)24-11-10-23-28(4,5)25(34)12-13-32(23)19(2)33(24,32)15-14-30(31,8)26(18)22/h18-19,21-27,36H,10-17,34H2,1-9H3/t18-,19-,21-,22-,23?,24+,25?,26?,27+,30-,31+,32?,33+/m1/s1. The molecule has 5 heteroatoms. The number of rotatable bonds is 3. The van der Waals surface area contributed by atoms with E-state index in [9.17, 15) is 9.90 Å². The van der Waals surface area contributed by atoms with Crippen LogP contribution in [0.4, 0.5) is 0 Å². The lowest BCUT2D eigenvalue weighted by molar-refractivity contribution is -0.209. The molecule has 5 aliphatic carbocycles. The SMILES string of the molecule is CC(=O)O[C@@H]([C@H]1C[C@@H](C)C2[C@@H](C[C@@]3(C)[C@@H]4CCC5C(C)(C)C(N)CCC56[C@@H](C)[C@@]46CC[C@]23C)O1)C(C)(C)O. The van der Waals surface area contributed by atoms with Crippen molar-refractivity contribution < 1.29 is 19.4 Å². The Kier molecular flexibility index (Phi) is 5.79. The summed E-state index contributed by atoms with van der Waals surface area (Å²) in [5, 5.41) is 10.9. The van der Waals surface area contributed by atoms with Crippen LogP contribution in [0, 0.1) is 56.7 Å². The third kappa shape index (κ3) is 3.08. The Labute approximate surface area is 231 Å². The molecule has 2 spiro atoms. The number of hydrogen-bond acceptors (Lipinski definition) is 5. The smallest absolute Gasteiger partial charge is 0.303 e. The van der Waals surface area contributed by atoms with Crippen molar-refractivity contribution in [3.63, 3.8) is 0 Å². The zero-order valence-corrected chi connectivity index (χ0v) is 25.6. The maximum absolute atomic E-state index is 12.0. The summed E-state index contributed by atoms with van der Waals surface area (Å²) < 4.78 is 12.6. The molecule has 1 heterocycles. The van der Waals surface area contributed by atoms with Crippen molar-refractivity contribution in [1.29, 1.82) is 0 Å². The minimum atomic E-state index is -1.14. The van der Waals surface area contributed by atoms with Gasteiger partial charge in [-0.1, -0.05) is 41.5 Å². The molecule has 0 radical (unpaired) electrons. The number of esters is 1. The second kappa shape index (κ2) is 8.00. The van der Waals surface area contributed by atoms with Gasteiger partial charge in [0.1, 0.15) is 0 Å². The number of fused-ring (bicyclic) bond motifs is 4. The van der Waals surface area contributed by atoms with Gasteiger partial charge in [0.15, 0.2) is 6.10 Å². The van der Waals surface area contributed by atoms with Gasteiger partial charge in [-0.2, -0.15) is 0 Å². The summed E-state index contributed by atoms with van der Waals surface area (Å²) in [6.45, 7) is 20.1. The summed E-state index contributed by atoms with van der Waals surface area (Å²) in [5.41, 5.74) is 7.27. The van der Waals surface area contributed by atoms with Gasteiger partial charge in [0.05, 0.1) is 17.8 Å². The Morgan fingerprint density at radius 3 is 2.26 bits per heavy atom. The second-order valence-corrected chi connectivity index (χ2v) is 16.6. The molecule has 5 saturated carbocycles. The summed E-state index contributed by atoms with van der Waals surface area (Å²) in [7, 11) is 0. The average molecular weight is 530 g/mol. The number of aliphatic hydroxyl groups is 1. The largest absolute Gasteiger partial charge is 0.457 e. The molecule has 0 aromatic heterocycles. The van der Waals surface area contributed by atoms with Gasteiger partial charge in [0.2, 0.25) is 0 Å². The maximum Gasteiger partial charge on any atom is 0.303 e. The lowest BCUT2D eigenvalue weighted by atomic mass is 9.41. The molecule has 4 unspecified atom stereocenters. The van der Waals surface area contributed by atoms with Crippen LogP contribution < -0.4 is 5.73 Å². The molecular formula is C33H55NO4. The van der Waals surface area contributed by atoms with Gasteiger partial charge in [-0.05, 0) is 122 Å². The predicted molar refractivity (Wildman–Crippen MR) is 149 cm³/mol. The fraction of sp³-hybridized carbons (Fsp3) is 0.970. The van der Waals surface area contributed by atoms with Crippen molar-refractivity contribution in [2.24, 2.45) is 62.4 Å². The Bertz CT molecular complexity index is 1000. The Morgan fingerprint density at radius 1 is 1.00 bits per heavy atom. The summed E-state index contributed by atoms with van der Waals surface area (Å²) in [4.78, 5) is 12.0. The number of nitrogens with two attached hydrogens (primary N) is 1. The molecule has 0 aromatic rings. The number of carbonyl (C=O) groups excluding carboxylic acids is 1. The lowest BCUT2D eigenvalue weighted by Gasteiger charge is -2.63. The van der Waals surface area contributed by atoms with Crippen LogP contribution in [0.5, 0.6) is 0 Å². The van der Waals surface area contributed by atoms with Crippen LogP contribution in [0.2, 0.25) is 0 Å². The highest BCUT2D eigenvalue weighted by Gasteiger charge is 2.86. The van der Waals surface area contributed by atoms with Gasteiger partial charge < -0.3 is 20.3 Å². The van der Waals surface area contributed by atoms with Crippen LogP contribution in [0.1, 0.15) is 114 Å². The van der Waals surface area contributed by atoms with Crippen molar-refractivity contribution in [2.75, 3.05) is 0 Å². The summed E-state index contributed by atoms with van der Waals surface area (Å²) >= 11 is 0. The molecule has 38 heavy (non-hydrogen) atoms. The van der Waals surface area contributed by atoms with E-state index in [-0.39, 0.29) is 34.4 Å². The molecular weight excluding hydrogens is 474 g/mol. The normalized spacial score (nSPS) is 55.4. The molecule has 3 N–H and O–H groups in total. The second-order valence-electron chi connectivity index (χ2n) is 16.6. The molecule has 0 bridgehead atoms. The van der Waals surface area contributed by atoms with Gasteiger partial charge in [0.25, 0.3) is 0 Å². The summed E-state index contributed by atoms with van der Waals surface area (Å²) in [6.07, 6.45) is 8.99. The topological polar surface area (TPSA) is 81.8 Å². The van der Waals surface area contributed by atoms with Crippen LogP contribution in [0.3, 0.4) is 0 Å². The van der Waals surface area contributed by atoms with E-state index in [1.54, 1.807) is 13.8 Å². The highest BCUT2D eigenvalue weighted by Crippen LogP contribution is 2.91. The van der Waals surface area contributed by atoms with Crippen LogP contribution in [0.25, 0.3) is 0 Å². The van der Waals surface area contributed by atoms with Gasteiger partial charge in [-0.3, -0.25) is 4.79 Å². The lowest BCUT2D eigenvalue weighted by Crippen LogP contribution is -2.59. The molecule has 6 fully saturated rings. The first-order valence-electron chi connectivity index (χ1n) is 15.8. The van der Waals surface area contributed by atoms with Crippen LogP contribution in [-0.2, 0) is 14.3 Å². The first-order chi connectivity index (χ1) is 17.5. The zero-order chi connectivity index (χ0) is 27.8. The van der Waals surface area contributed by atoms with E-state index >= 15 is 0 Å². The minimum absolute atomic E-state index is 0.160. The molecule has 0 amide bonds. The van der Waals surface area contributed by atoms with Gasteiger partial charge in [-0.15, -0.1) is 0 Å². The van der Waals surface area contributed by atoms with E-state index in [0.29, 0.717) is 28.7 Å². The number of hydrogen-bond donors (Lipinski definition) is 2. The van der Waals surface area contributed by atoms with Crippen molar-refractivity contribution in [2.45, 2.75) is 144 Å². The van der Waals surface area contributed by atoms with Crippen molar-refractivity contribution in [3.05, 3.63) is 0 Å². The van der Waals surface area contributed by atoms with Gasteiger partial charge in [0, 0.05) is 13.0 Å². The van der Waals surface area contributed by atoms with Crippen LogP contribution in [-0.4, -0.2) is 41.0 Å². The third-order valence-electron chi connectivity index (χ3n) is 14.8. The monoisotopic (exact) mass is 529 g/mol. The molecule has 13 atom stereocenters. The fourth-order valence-corrected chi connectivity index (χ4v) is 13.2. The average Bonchev–Trinajstić information content (AvgIpc) is 3.22. The van der Waals surface area contributed by atoms with Crippen LogP contribution in [0.15, 0.2) is 0 Å². The number of carbonyl (C=O) groups is 1. The fourth-order valence-electron chi connectivity index (χ4n) is 13.2. The Balaban J connectivity index is 1.33. The first kappa shape index (κ1) is 27.5. The van der Waals surface area contributed by atoms with E-state index in [1.807, 2.05) is 0 Å². The predicted octanol–water partition coefficient (Wildman–Crippen LogP) is 6.10.